The summed E-state index contributed by atoms with van der Waals surface area (Å²) in [5, 5.41) is 2.72. The number of nitrogens with one attached hydrogen (secondary N) is 1. The largest absolute Gasteiger partial charge is 0.459 e. The first-order valence-electron chi connectivity index (χ1n) is 6.82. The van der Waals surface area contributed by atoms with Crippen LogP contribution in [0.3, 0.4) is 0 Å². The Kier molecular flexibility index (Phi) is 5.15. The van der Waals surface area contributed by atoms with E-state index in [9.17, 15) is 9.59 Å². The molecule has 110 valence electrons. The first kappa shape index (κ1) is 14.8. The molecule has 0 unspecified atom stereocenters. The smallest absolute Gasteiger partial charge is 0.286 e. The fourth-order valence-corrected chi connectivity index (χ4v) is 1.90. The van der Waals surface area contributed by atoms with Crippen molar-refractivity contribution in [2.45, 2.75) is 12.8 Å². The SMILES string of the molecule is CN(C(=O)CCCNC(=O)c1ccco1)c1ccccc1. The van der Waals surface area contributed by atoms with E-state index in [0.717, 1.165) is 5.69 Å². The number of carbonyl (C=O) groups excluding carboxylic acids is 2. The molecule has 5 heteroatoms. The van der Waals surface area contributed by atoms with Crippen LogP contribution in [-0.2, 0) is 4.79 Å². The normalized spacial score (nSPS) is 10.1. The van der Waals surface area contributed by atoms with Gasteiger partial charge in [-0.25, -0.2) is 0 Å². The molecule has 0 spiro atoms. The molecule has 2 rings (SSSR count). The van der Waals surface area contributed by atoms with E-state index >= 15 is 0 Å². The van der Waals surface area contributed by atoms with Crippen LogP contribution in [0.15, 0.2) is 53.1 Å². The number of amides is 2. The number of para-hydroxylation sites is 1. The molecule has 0 aliphatic carbocycles. The summed E-state index contributed by atoms with van der Waals surface area (Å²) in [6.45, 7) is 0.438. The van der Waals surface area contributed by atoms with E-state index in [0.29, 0.717) is 19.4 Å². The van der Waals surface area contributed by atoms with Gasteiger partial charge in [-0.1, -0.05) is 18.2 Å². The molecule has 0 aliphatic heterocycles. The van der Waals surface area contributed by atoms with Gasteiger partial charge >= 0.3 is 0 Å². The number of hydrogen-bond donors (Lipinski definition) is 1. The summed E-state index contributed by atoms with van der Waals surface area (Å²) < 4.78 is 4.98. The minimum Gasteiger partial charge on any atom is -0.459 e. The molecular weight excluding hydrogens is 268 g/mol. The number of rotatable bonds is 6. The van der Waals surface area contributed by atoms with Crippen molar-refractivity contribution in [3.63, 3.8) is 0 Å². The Morgan fingerprint density at radius 2 is 1.90 bits per heavy atom. The van der Waals surface area contributed by atoms with Gasteiger partial charge in [-0.2, -0.15) is 0 Å². The van der Waals surface area contributed by atoms with Crippen molar-refractivity contribution < 1.29 is 14.0 Å². The predicted octanol–water partition coefficient (Wildman–Crippen LogP) is 2.45. The van der Waals surface area contributed by atoms with Crippen molar-refractivity contribution in [2.75, 3.05) is 18.5 Å². The Morgan fingerprint density at radius 3 is 2.57 bits per heavy atom. The molecule has 0 radical (unpaired) electrons. The lowest BCUT2D eigenvalue weighted by Gasteiger charge is -2.17. The molecule has 0 bridgehead atoms. The van der Waals surface area contributed by atoms with Gasteiger partial charge in [-0.05, 0) is 30.7 Å². The number of anilines is 1. The second-order valence-electron chi connectivity index (χ2n) is 4.63. The van der Waals surface area contributed by atoms with Gasteiger partial charge in [0.1, 0.15) is 0 Å². The second-order valence-corrected chi connectivity index (χ2v) is 4.63. The first-order valence-corrected chi connectivity index (χ1v) is 6.82. The molecule has 1 N–H and O–H groups in total. The summed E-state index contributed by atoms with van der Waals surface area (Å²) in [5.41, 5.74) is 0.863. The van der Waals surface area contributed by atoms with Crippen LogP contribution in [-0.4, -0.2) is 25.4 Å². The molecule has 5 nitrogen and oxygen atoms in total. The molecule has 1 aromatic heterocycles. The Bertz CT molecular complexity index is 579. The van der Waals surface area contributed by atoms with Crippen LogP contribution in [0.5, 0.6) is 0 Å². The molecule has 0 saturated heterocycles. The van der Waals surface area contributed by atoms with Gasteiger partial charge in [0.25, 0.3) is 5.91 Å². The van der Waals surface area contributed by atoms with Crippen LogP contribution in [0, 0.1) is 0 Å². The summed E-state index contributed by atoms with van der Waals surface area (Å²) >= 11 is 0. The number of furan rings is 1. The zero-order valence-electron chi connectivity index (χ0n) is 11.9. The van der Waals surface area contributed by atoms with Gasteiger partial charge in [0.2, 0.25) is 5.91 Å². The lowest BCUT2D eigenvalue weighted by atomic mass is 10.2. The zero-order chi connectivity index (χ0) is 15.1. The third-order valence-electron chi connectivity index (χ3n) is 3.12. The van der Waals surface area contributed by atoms with E-state index in [-0.39, 0.29) is 17.6 Å². The van der Waals surface area contributed by atoms with Crippen molar-refractivity contribution in [3.05, 3.63) is 54.5 Å². The Labute approximate surface area is 123 Å². The molecule has 0 atom stereocenters. The van der Waals surface area contributed by atoms with Crippen LogP contribution < -0.4 is 10.2 Å². The number of hydrogen-bond acceptors (Lipinski definition) is 3. The Morgan fingerprint density at radius 1 is 1.14 bits per heavy atom. The molecule has 0 aliphatic rings. The summed E-state index contributed by atoms with van der Waals surface area (Å²) in [5.74, 6) is 0.0417. The minimum atomic E-state index is -0.260. The van der Waals surface area contributed by atoms with Crippen molar-refractivity contribution in [2.24, 2.45) is 0 Å². The Hall–Kier alpha value is -2.56. The molecule has 1 heterocycles. The maximum atomic E-state index is 12.0. The fourth-order valence-electron chi connectivity index (χ4n) is 1.90. The van der Waals surface area contributed by atoms with E-state index in [1.807, 2.05) is 30.3 Å². The summed E-state index contributed by atoms with van der Waals surface area (Å²) in [6.07, 6.45) is 2.42. The minimum absolute atomic E-state index is 0.0217. The quantitative estimate of drug-likeness (QED) is 0.830. The predicted molar refractivity (Wildman–Crippen MR) is 80.1 cm³/mol. The lowest BCUT2D eigenvalue weighted by Crippen LogP contribution is -2.28. The highest BCUT2D eigenvalue weighted by molar-refractivity contribution is 5.93. The summed E-state index contributed by atoms with van der Waals surface area (Å²) in [7, 11) is 1.75. The first-order chi connectivity index (χ1) is 10.2. The molecule has 0 fully saturated rings. The van der Waals surface area contributed by atoms with Crippen molar-refractivity contribution in [1.82, 2.24) is 5.32 Å². The average Bonchev–Trinajstić information content (AvgIpc) is 3.05. The maximum Gasteiger partial charge on any atom is 0.286 e. The van der Waals surface area contributed by atoms with Gasteiger partial charge in [-0.15, -0.1) is 0 Å². The molecule has 21 heavy (non-hydrogen) atoms. The zero-order valence-corrected chi connectivity index (χ0v) is 11.9. The van der Waals surface area contributed by atoms with Gasteiger partial charge in [0, 0.05) is 25.7 Å². The van der Waals surface area contributed by atoms with E-state index in [4.69, 9.17) is 4.42 Å². The molecular formula is C16H18N2O3. The van der Waals surface area contributed by atoms with Crippen LogP contribution >= 0.6 is 0 Å². The van der Waals surface area contributed by atoms with Crippen molar-refractivity contribution in [1.29, 1.82) is 0 Å². The third-order valence-corrected chi connectivity index (χ3v) is 3.12. The van der Waals surface area contributed by atoms with E-state index in [2.05, 4.69) is 5.32 Å². The summed E-state index contributed by atoms with van der Waals surface area (Å²) in [4.78, 5) is 25.2. The van der Waals surface area contributed by atoms with Crippen LogP contribution in [0.4, 0.5) is 5.69 Å². The molecule has 2 amide bonds. The van der Waals surface area contributed by atoms with Crippen molar-refractivity contribution >= 4 is 17.5 Å². The number of benzene rings is 1. The number of carbonyl (C=O) groups is 2. The highest BCUT2D eigenvalue weighted by atomic mass is 16.3. The highest BCUT2D eigenvalue weighted by Gasteiger charge is 2.11. The average molecular weight is 286 g/mol. The van der Waals surface area contributed by atoms with E-state index in [1.54, 1.807) is 24.1 Å². The molecule has 0 saturated carbocycles. The van der Waals surface area contributed by atoms with Gasteiger partial charge in [0.05, 0.1) is 6.26 Å². The monoisotopic (exact) mass is 286 g/mol. The van der Waals surface area contributed by atoms with E-state index < -0.39 is 0 Å². The second kappa shape index (κ2) is 7.28. The van der Waals surface area contributed by atoms with Gasteiger partial charge in [-0.3, -0.25) is 9.59 Å². The highest BCUT2D eigenvalue weighted by Crippen LogP contribution is 2.12. The van der Waals surface area contributed by atoms with Crippen molar-refractivity contribution in [3.8, 4) is 0 Å². The van der Waals surface area contributed by atoms with Crippen LogP contribution in [0.25, 0.3) is 0 Å². The van der Waals surface area contributed by atoms with E-state index in [1.165, 1.54) is 6.26 Å². The third kappa shape index (κ3) is 4.21. The fraction of sp³-hybridized carbons (Fsp3) is 0.250. The van der Waals surface area contributed by atoms with Crippen LogP contribution in [0.2, 0.25) is 0 Å². The Balaban J connectivity index is 1.71. The van der Waals surface area contributed by atoms with Gasteiger partial charge in [0.15, 0.2) is 5.76 Å². The molecule has 2 aromatic rings. The summed E-state index contributed by atoms with van der Waals surface area (Å²) in [6, 6.07) is 12.7. The standard InChI is InChI=1S/C16H18N2O3/c1-18(13-7-3-2-4-8-13)15(19)10-5-11-17-16(20)14-9-6-12-21-14/h2-4,6-9,12H,5,10-11H2,1H3,(H,17,20). The van der Waals surface area contributed by atoms with Gasteiger partial charge < -0.3 is 14.6 Å². The topological polar surface area (TPSA) is 62.6 Å². The molecule has 1 aromatic carbocycles. The number of nitrogens with zero attached hydrogens (tertiary/aromatic N) is 1. The van der Waals surface area contributed by atoms with Crippen LogP contribution in [0.1, 0.15) is 23.4 Å². The maximum absolute atomic E-state index is 12.0. The lowest BCUT2D eigenvalue weighted by molar-refractivity contribution is -0.118.